The number of hydrogen-bond acceptors (Lipinski definition) is 4. The number of nitrogens with one attached hydrogen (secondary N) is 1. The normalized spacial score (nSPS) is 11.5. The second-order valence-corrected chi connectivity index (χ2v) is 9.23. The lowest BCUT2D eigenvalue weighted by Gasteiger charge is -2.28. The van der Waals surface area contributed by atoms with E-state index in [9.17, 15) is 4.39 Å². The molecular weight excluding hydrogens is 504 g/mol. The number of rotatable bonds is 5. The number of benzene rings is 3. The van der Waals surface area contributed by atoms with Crippen LogP contribution in [0.2, 0.25) is 0 Å². The number of anilines is 2. The lowest BCUT2D eigenvalue weighted by Crippen LogP contribution is -2.25. The summed E-state index contributed by atoms with van der Waals surface area (Å²) < 4.78 is 21.1. The maximum atomic E-state index is 13.7. The molecule has 0 saturated carbocycles. The Morgan fingerprint density at radius 3 is 2.52 bits per heavy atom. The molecule has 0 bridgehead atoms. The number of aromatic nitrogens is 2. The van der Waals surface area contributed by atoms with E-state index in [1.54, 1.807) is 12.4 Å². The van der Waals surface area contributed by atoms with Crippen LogP contribution < -0.4 is 10.1 Å². The van der Waals surface area contributed by atoms with Gasteiger partial charge in [0.2, 0.25) is 0 Å². The molecule has 4 aromatic rings. The van der Waals surface area contributed by atoms with Crippen LogP contribution in [-0.4, -0.2) is 9.97 Å². The molecule has 1 heterocycles. The predicted octanol–water partition coefficient (Wildman–Crippen LogP) is 7.05. The molecule has 0 amide bonds. The van der Waals surface area contributed by atoms with Gasteiger partial charge in [0.25, 0.3) is 0 Å². The Bertz CT molecular complexity index is 1270. The van der Waals surface area contributed by atoms with Gasteiger partial charge in [-0.05, 0) is 109 Å². The van der Waals surface area contributed by atoms with Crippen molar-refractivity contribution in [2.24, 2.45) is 0 Å². The molecule has 158 valence electrons. The van der Waals surface area contributed by atoms with Gasteiger partial charge in [-0.15, -0.1) is 0 Å². The van der Waals surface area contributed by atoms with Crippen LogP contribution in [0.5, 0.6) is 5.75 Å². The fourth-order valence-corrected chi connectivity index (χ4v) is 3.92. The third kappa shape index (κ3) is 4.63. The zero-order valence-electron chi connectivity index (χ0n) is 17.8. The number of hydrogen-bond donors (Lipinski definition) is 1. The average molecular weight is 527 g/mol. The third-order valence-corrected chi connectivity index (χ3v) is 6.40. The minimum absolute atomic E-state index is 0.271. The summed E-state index contributed by atoms with van der Waals surface area (Å²) >= 11 is 2.33. The highest BCUT2D eigenvalue weighted by atomic mass is 127. The maximum absolute atomic E-state index is 13.7. The summed E-state index contributed by atoms with van der Waals surface area (Å²) in [6.07, 6.45) is 1.57. The van der Waals surface area contributed by atoms with Crippen LogP contribution in [0.4, 0.5) is 15.9 Å². The smallest absolute Gasteiger partial charge is 0.141 e. The molecule has 0 saturated heterocycles. The van der Waals surface area contributed by atoms with E-state index in [1.807, 2.05) is 45.0 Å². The number of halogens is 2. The van der Waals surface area contributed by atoms with Crippen molar-refractivity contribution in [3.05, 3.63) is 87.0 Å². The van der Waals surface area contributed by atoms with Gasteiger partial charge in [-0.2, -0.15) is 0 Å². The maximum Gasteiger partial charge on any atom is 0.141 e. The topological polar surface area (TPSA) is 47.0 Å². The Labute approximate surface area is 195 Å². The van der Waals surface area contributed by atoms with Crippen molar-refractivity contribution >= 4 is 45.0 Å². The Hall–Kier alpha value is -2.74. The van der Waals surface area contributed by atoms with Crippen molar-refractivity contribution in [2.45, 2.75) is 33.3 Å². The van der Waals surface area contributed by atoms with Gasteiger partial charge >= 0.3 is 0 Å². The van der Waals surface area contributed by atoms with E-state index in [1.165, 1.54) is 21.3 Å². The summed E-state index contributed by atoms with van der Waals surface area (Å²) in [5.41, 5.74) is 4.09. The highest BCUT2D eigenvalue weighted by molar-refractivity contribution is 14.1. The molecule has 0 aliphatic heterocycles. The van der Waals surface area contributed by atoms with Crippen LogP contribution in [-0.2, 0) is 5.60 Å². The number of ether oxygens (including phenoxy) is 1. The minimum atomic E-state index is -0.667. The quantitative estimate of drug-likeness (QED) is 0.283. The van der Waals surface area contributed by atoms with Crippen molar-refractivity contribution < 1.29 is 9.13 Å². The molecule has 4 nitrogen and oxygen atoms in total. The lowest BCUT2D eigenvalue weighted by molar-refractivity contribution is 0.107. The van der Waals surface area contributed by atoms with E-state index in [2.05, 4.69) is 56.9 Å². The van der Waals surface area contributed by atoms with Crippen molar-refractivity contribution in [2.75, 3.05) is 5.32 Å². The first-order valence-electron chi connectivity index (χ1n) is 9.96. The van der Waals surface area contributed by atoms with Gasteiger partial charge in [0.15, 0.2) is 0 Å². The van der Waals surface area contributed by atoms with Gasteiger partial charge in [0.05, 0.1) is 5.52 Å². The Kier molecular flexibility index (Phi) is 5.83. The van der Waals surface area contributed by atoms with E-state index >= 15 is 0 Å². The summed E-state index contributed by atoms with van der Waals surface area (Å²) in [5.74, 6) is 1.24. The summed E-state index contributed by atoms with van der Waals surface area (Å²) in [6.45, 7) is 7.93. The largest absolute Gasteiger partial charge is 0.483 e. The molecule has 0 spiro atoms. The zero-order chi connectivity index (χ0) is 22.2. The van der Waals surface area contributed by atoms with Crippen molar-refractivity contribution in [3.63, 3.8) is 0 Å². The SMILES string of the molecule is Cc1cc2ncnc(Nc3ccc(OC(C)(C)c4cccc(F)c4)c(C)c3)c2cc1I. The van der Waals surface area contributed by atoms with E-state index in [4.69, 9.17) is 4.74 Å². The molecule has 1 aromatic heterocycles. The van der Waals surface area contributed by atoms with Crippen molar-refractivity contribution in [1.29, 1.82) is 0 Å². The van der Waals surface area contributed by atoms with Gasteiger partial charge in [-0.3, -0.25) is 0 Å². The van der Waals surface area contributed by atoms with Gasteiger partial charge < -0.3 is 10.1 Å². The molecule has 31 heavy (non-hydrogen) atoms. The summed E-state index contributed by atoms with van der Waals surface area (Å²) in [6, 6.07) is 16.6. The minimum Gasteiger partial charge on any atom is -0.483 e. The summed E-state index contributed by atoms with van der Waals surface area (Å²) in [7, 11) is 0. The monoisotopic (exact) mass is 527 g/mol. The van der Waals surface area contributed by atoms with Gasteiger partial charge in [-0.1, -0.05) is 12.1 Å². The van der Waals surface area contributed by atoms with Crippen LogP contribution >= 0.6 is 22.6 Å². The molecule has 4 rings (SSSR count). The van der Waals surface area contributed by atoms with Crippen molar-refractivity contribution in [3.8, 4) is 5.75 Å². The number of fused-ring (bicyclic) bond motifs is 1. The van der Waals surface area contributed by atoms with E-state index in [0.29, 0.717) is 0 Å². The van der Waals surface area contributed by atoms with Gasteiger partial charge in [-0.25, -0.2) is 14.4 Å². The first-order valence-corrected chi connectivity index (χ1v) is 11.0. The molecule has 6 heteroatoms. The van der Waals surface area contributed by atoms with E-state index < -0.39 is 5.60 Å². The fourth-order valence-electron chi connectivity index (χ4n) is 3.46. The number of nitrogens with zero attached hydrogens (tertiary/aromatic N) is 2. The molecule has 3 aromatic carbocycles. The van der Waals surface area contributed by atoms with Crippen molar-refractivity contribution in [1.82, 2.24) is 9.97 Å². The molecule has 0 aliphatic carbocycles. The van der Waals surface area contributed by atoms with E-state index in [-0.39, 0.29) is 5.82 Å². The molecule has 0 aliphatic rings. The molecule has 0 fully saturated rings. The van der Waals surface area contributed by atoms with Crippen LogP contribution in [0.25, 0.3) is 10.9 Å². The first-order chi connectivity index (χ1) is 14.7. The molecular formula is C25H23FIN3O. The Morgan fingerprint density at radius 2 is 1.77 bits per heavy atom. The van der Waals surface area contributed by atoms with Crippen LogP contribution in [0.1, 0.15) is 30.5 Å². The highest BCUT2D eigenvalue weighted by Gasteiger charge is 2.24. The first kappa shape index (κ1) is 21.5. The predicted molar refractivity (Wildman–Crippen MR) is 132 cm³/mol. The second kappa shape index (κ2) is 8.42. The molecule has 0 unspecified atom stereocenters. The number of aryl methyl sites for hydroxylation is 2. The highest BCUT2D eigenvalue weighted by Crippen LogP contribution is 2.33. The summed E-state index contributed by atoms with van der Waals surface area (Å²) in [4.78, 5) is 8.83. The van der Waals surface area contributed by atoms with Crippen LogP contribution in [0, 0.1) is 23.2 Å². The third-order valence-electron chi connectivity index (χ3n) is 5.24. The Balaban J connectivity index is 1.60. The van der Waals surface area contributed by atoms with Crippen LogP contribution in [0.3, 0.4) is 0 Å². The van der Waals surface area contributed by atoms with E-state index in [0.717, 1.165) is 39.3 Å². The molecule has 1 N–H and O–H groups in total. The molecule has 0 atom stereocenters. The standard InChI is InChI=1S/C25H23FIN3O/c1-15-11-22-20(13-21(15)27)24(29-14-28-22)30-19-8-9-23(16(2)10-19)31-25(3,4)17-6-5-7-18(26)12-17/h5-14H,1-4H3,(H,28,29,30). The zero-order valence-corrected chi connectivity index (χ0v) is 20.0. The summed E-state index contributed by atoms with van der Waals surface area (Å²) in [5, 5.41) is 4.38. The van der Waals surface area contributed by atoms with Gasteiger partial charge in [0, 0.05) is 14.6 Å². The lowest BCUT2D eigenvalue weighted by atomic mass is 9.97. The van der Waals surface area contributed by atoms with Crippen LogP contribution in [0.15, 0.2) is 60.9 Å². The second-order valence-electron chi connectivity index (χ2n) is 8.07. The molecule has 0 radical (unpaired) electrons. The average Bonchev–Trinajstić information content (AvgIpc) is 2.71. The fraction of sp³-hybridized carbons (Fsp3) is 0.200. The van der Waals surface area contributed by atoms with Gasteiger partial charge in [0.1, 0.15) is 29.3 Å². The Morgan fingerprint density at radius 1 is 0.968 bits per heavy atom.